The Morgan fingerprint density at radius 3 is 2.54 bits per heavy atom. The minimum Gasteiger partial charge on any atom is -0.481 e. The van der Waals surface area contributed by atoms with Gasteiger partial charge in [0.2, 0.25) is 0 Å². The van der Waals surface area contributed by atoms with Crippen molar-refractivity contribution in [1.29, 1.82) is 0 Å². The van der Waals surface area contributed by atoms with Gasteiger partial charge in [0.15, 0.2) is 0 Å². The summed E-state index contributed by atoms with van der Waals surface area (Å²) in [5.41, 5.74) is 10.1. The molecule has 0 aliphatic heterocycles. The Bertz CT molecular complexity index is 710. The number of rotatable bonds is 8. The highest BCUT2D eigenvalue weighted by molar-refractivity contribution is 5.67. The van der Waals surface area contributed by atoms with Crippen LogP contribution in [-0.4, -0.2) is 17.6 Å². The fourth-order valence-electron chi connectivity index (χ4n) is 2.81. The number of aliphatic carboxylic acids is 1. The fourth-order valence-corrected chi connectivity index (χ4v) is 2.81. The third-order valence-electron chi connectivity index (χ3n) is 3.95. The van der Waals surface area contributed by atoms with Crippen molar-refractivity contribution in [3.63, 3.8) is 0 Å². The molecule has 4 heteroatoms. The second-order valence-corrected chi connectivity index (χ2v) is 5.97. The van der Waals surface area contributed by atoms with Crippen LogP contribution in [0.2, 0.25) is 0 Å². The molecular weight excluding hydrogens is 302 g/mol. The van der Waals surface area contributed by atoms with Gasteiger partial charge in [0.25, 0.3) is 0 Å². The normalized spacial score (nSPS) is 10.6. The Morgan fingerprint density at radius 2 is 1.88 bits per heavy atom. The van der Waals surface area contributed by atoms with E-state index in [0.717, 1.165) is 41.0 Å². The van der Waals surface area contributed by atoms with E-state index in [1.807, 2.05) is 37.3 Å². The number of hydrogen-bond donors (Lipinski definition) is 2. The van der Waals surface area contributed by atoms with Crippen molar-refractivity contribution in [2.75, 3.05) is 6.54 Å². The molecule has 0 fully saturated rings. The van der Waals surface area contributed by atoms with E-state index in [9.17, 15) is 4.79 Å². The van der Waals surface area contributed by atoms with Gasteiger partial charge in [-0.1, -0.05) is 19.1 Å². The molecule has 0 amide bonds. The molecule has 24 heavy (non-hydrogen) atoms. The highest BCUT2D eigenvalue weighted by Crippen LogP contribution is 2.27. The molecule has 4 nitrogen and oxygen atoms in total. The van der Waals surface area contributed by atoms with E-state index >= 15 is 0 Å². The minimum absolute atomic E-state index is 0.146. The van der Waals surface area contributed by atoms with Gasteiger partial charge in [0.05, 0.1) is 0 Å². The Kier molecular flexibility index (Phi) is 6.38. The molecule has 0 aliphatic rings. The van der Waals surface area contributed by atoms with Gasteiger partial charge in [-0.25, -0.2) is 0 Å². The highest BCUT2D eigenvalue weighted by atomic mass is 16.5. The molecule has 0 heterocycles. The predicted octanol–water partition coefficient (Wildman–Crippen LogP) is 3.87. The first-order valence-corrected chi connectivity index (χ1v) is 8.34. The molecular formula is C20H25NO3. The maximum absolute atomic E-state index is 10.8. The van der Waals surface area contributed by atoms with Crippen LogP contribution in [-0.2, 0) is 24.1 Å². The smallest absolute Gasteiger partial charge is 0.303 e. The summed E-state index contributed by atoms with van der Waals surface area (Å²) in [6.07, 6.45) is 2.36. The van der Waals surface area contributed by atoms with Crippen LogP contribution in [0.5, 0.6) is 11.5 Å². The summed E-state index contributed by atoms with van der Waals surface area (Å²) in [6, 6.07) is 12.0. The van der Waals surface area contributed by atoms with Crippen LogP contribution >= 0.6 is 0 Å². The zero-order valence-corrected chi connectivity index (χ0v) is 14.3. The van der Waals surface area contributed by atoms with Crippen molar-refractivity contribution in [2.24, 2.45) is 5.73 Å². The number of benzene rings is 2. The molecule has 0 radical (unpaired) electrons. The van der Waals surface area contributed by atoms with Crippen LogP contribution in [0.4, 0.5) is 0 Å². The molecule has 0 bridgehead atoms. The van der Waals surface area contributed by atoms with Crippen LogP contribution in [0.15, 0.2) is 36.4 Å². The van der Waals surface area contributed by atoms with Crippen molar-refractivity contribution < 1.29 is 14.6 Å². The summed E-state index contributed by atoms with van der Waals surface area (Å²) in [6.45, 7) is 4.72. The summed E-state index contributed by atoms with van der Waals surface area (Å²) < 4.78 is 6.01. The average molecular weight is 327 g/mol. The summed E-state index contributed by atoms with van der Waals surface area (Å²) in [4.78, 5) is 10.8. The molecule has 2 aromatic rings. The van der Waals surface area contributed by atoms with E-state index in [1.54, 1.807) is 0 Å². The minimum atomic E-state index is -0.774. The number of aryl methyl sites for hydroxylation is 3. The van der Waals surface area contributed by atoms with Crippen LogP contribution in [0.3, 0.4) is 0 Å². The number of carboxylic acids is 1. The second-order valence-electron chi connectivity index (χ2n) is 5.97. The Hall–Kier alpha value is -2.33. The predicted molar refractivity (Wildman–Crippen MR) is 95.8 cm³/mol. The quantitative estimate of drug-likeness (QED) is 0.772. The third kappa shape index (κ3) is 5.10. The molecule has 3 N–H and O–H groups in total. The maximum Gasteiger partial charge on any atom is 0.303 e. The van der Waals surface area contributed by atoms with Gasteiger partial charge in [0.1, 0.15) is 11.5 Å². The number of hydrogen-bond acceptors (Lipinski definition) is 3. The zero-order chi connectivity index (χ0) is 17.5. The van der Waals surface area contributed by atoms with Crippen LogP contribution in [0.1, 0.15) is 35.6 Å². The third-order valence-corrected chi connectivity index (χ3v) is 3.95. The van der Waals surface area contributed by atoms with Gasteiger partial charge in [-0.15, -0.1) is 0 Å². The summed E-state index contributed by atoms with van der Waals surface area (Å²) in [7, 11) is 0. The molecule has 0 aromatic heterocycles. The van der Waals surface area contributed by atoms with Gasteiger partial charge in [0, 0.05) is 6.42 Å². The van der Waals surface area contributed by atoms with E-state index in [-0.39, 0.29) is 6.42 Å². The Balaban J connectivity index is 2.19. The molecule has 0 atom stereocenters. The van der Waals surface area contributed by atoms with Gasteiger partial charge < -0.3 is 15.6 Å². The standard InChI is InChI=1S/C20H25NO3/c1-3-16-13-18(6-4-17(16)5-7-20(22)23)24-19-11-14(2)10-15(12-19)8-9-21/h4,6,10-13H,3,5,7-9,21H2,1-2H3,(H,22,23). The molecule has 0 saturated carbocycles. The van der Waals surface area contributed by atoms with Crippen LogP contribution < -0.4 is 10.5 Å². The van der Waals surface area contributed by atoms with Crippen molar-refractivity contribution in [1.82, 2.24) is 0 Å². The van der Waals surface area contributed by atoms with E-state index in [1.165, 1.54) is 5.56 Å². The van der Waals surface area contributed by atoms with Crippen molar-refractivity contribution in [2.45, 2.75) is 39.5 Å². The lowest BCUT2D eigenvalue weighted by atomic mass is 10.0. The second kappa shape index (κ2) is 8.50. The molecule has 2 aromatic carbocycles. The molecule has 0 aliphatic carbocycles. The number of nitrogens with two attached hydrogens (primary N) is 1. The molecule has 2 rings (SSSR count). The van der Waals surface area contributed by atoms with E-state index in [4.69, 9.17) is 15.6 Å². The Labute approximate surface area is 143 Å². The van der Waals surface area contributed by atoms with Crippen LogP contribution in [0.25, 0.3) is 0 Å². The van der Waals surface area contributed by atoms with Gasteiger partial charge >= 0.3 is 5.97 Å². The van der Waals surface area contributed by atoms with Gasteiger partial charge in [-0.3, -0.25) is 4.79 Å². The molecule has 0 saturated heterocycles. The van der Waals surface area contributed by atoms with Crippen molar-refractivity contribution >= 4 is 5.97 Å². The number of carboxylic acid groups (broad SMARTS) is 1. The molecule has 0 unspecified atom stereocenters. The first-order valence-electron chi connectivity index (χ1n) is 8.34. The lowest BCUT2D eigenvalue weighted by Gasteiger charge is -2.12. The zero-order valence-electron chi connectivity index (χ0n) is 14.3. The average Bonchev–Trinajstić information content (AvgIpc) is 2.53. The summed E-state index contributed by atoms with van der Waals surface area (Å²) >= 11 is 0. The SMILES string of the molecule is CCc1cc(Oc2cc(C)cc(CCN)c2)ccc1CCC(=O)O. The van der Waals surface area contributed by atoms with E-state index in [2.05, 4.69) is 13.0 Å². The summed E-state index contributed by atoms with van der Waals surface area (Å²) in [5.74, 6) is 0.804. The van der Waals surface area contributed by atoms with Crippen molar-refractivity contribution in [3.05, 3.63) is 58.7 Å². The highest BCUT2D eigenvalue weighted by Gasteiger charge is 2.07. The topological polar surface area (TPSA) is 72.5 Å². The van der Waals surface area contributed by atoms with Gasteiger partial charge in [-0.2, -0.15) is 0 Å². The monoisotopic (exact) mass is 327 g/mol. The lowest BCUT2D eigenvalue weighted by Crippen LogP contribution is -2.03. The number of ether oxygens (including phenoxy) is 1. The first-order chi connectivity index (χ1) is 11.5. The largest absolute Gasteiger partial charge is 0.481 e. The Morgan fingerprint density at radius 1 is 1.08 bits per heavy atom. The lowest BCUT2D eigenvalue weighted by molar-refractivity contribution is -0.136. The fraction of sp³-hybridized carbons (Fsp3) is 0.350. The van der Waals surface area contributed by atoms with E-state index < -0.39 is 5.97 Å². The van der Waals surface area contributed by atoms with Crippen LogP contribution in [0, 0.1) is 6.92 Å². The molecule has 128 valence electrons. The number of carbonyl (C=O) groups is 1. The van der Waals surface area contributed by atoms with E-state index in [0.29, 0.717) is 13.0 Å². The van der Waals surface area contributed by atoms with Gasteiger partial charge in [-0.05, 0) is 79.3 Å². The maximum atomic E-state index is 10.8. The first kappa shape index (κ1) is 18.0. The molecule has 0 spiro atoms. The van der Waals surface area contributed by atoms with Crippen molar-refractivity contribution in [3.8, 4) is 11.5 Å². The summed E-state index contributed by atoms with van der Waals surface area (Å²) in [5, 5.41) is 8.85.